The quantitative estimate of drug-likeness (QED) is 0.671. The second kappa shape index (κ2) is 8.81. The number of rotatable bonds is 6. The van der Waals surface area contributed by atoms with Crippen LogP contribution in [0.4, 0.5) is 5.13 Å². The van der Waals surface area contributed by atoms with Gasteiger partial charge >= 0.3 is 0 Å². The van der Waals surface area contributed by atoms with Gasteiger partial charge in [0.2, 0.25) is 5.91 Å². The van der Waals surface area contributed by atoms with E-state index in [-0.39, 0.29) is 5.91 Å². The first-order valence-corrected chi connectivity index (χ1v) is 10.9. The summed E-state index contributed by atoms with van der Waals surface area (Å²) in [4.78, 5) is 26.1. The van der Waals surface area contributed by atoms with Crippen molar-refractivity contribution in [1.29, 1.82) is 0 Å². The number of thiazole rings is 2. The van der Waals surface area contributed by atoms with Gasteiger partial charge in [0.1, 0.15) is 5.01 Å². The molecule has 1 aliphatic heterocycles. The SMILES string of the molecule is Cc1cnc(CNC(=O)Cc2sc(N3CCOCC3)nc2-c2ccccc2)s1. The average Bonchev–Trinajstić information content (AvgIpc) is 3.34. The highest BCUT2D eigenvalue weighted by Gasteiger charge is 2.21. The van der Waals surface area contributed by atoms with Crippen molar-refractivity contribution in [2.75, 3.05) is 31.2 Å². The number of ether oxygens (including phenoxy) is 1. The summed E-state index contributed by atoms with van der Waals surface area (Å²) in [5.41, 5.74) is 1.93. The number of amides is 1. The third-order valence-electron chi connectivity index (χ3n) is 4.44. The number of aromatic nitrogens is 2. The molecule has 0 radical (unpaired) electrons. The van der Waals surface area contributed by atoms with Gasteiger partial charge in [-0.05, 0) is 6.92 Å². The van der Waals surface area contributed by atoms with Gasteiger partial charge in [-0.3, -0.25) is 4.79 Å². The molecule has 8 heteroatoms. The molecule has 28 heavy (non-hydrogen) atoms. The van der Waals surface area contributed by atoms with Gasteiger partial charge in [0.15, 0.2) is 5.13 Å². The van der Waals surface area contributed by atoms with E-state index in [0.717, 1.165) is 44.2 Å². The van der Waals surface area contributed by atoms with Crippen molar-refractivity contribution < 1.29 is 9.53 Å². The maximum atomic E-state index is 12.6. The summed E-state index contributed by atoms with van der Waals surface area (Å²) in [6.07, 6.45) is 2.15. The lowest BCUT2D eigenvalue weighted by molar-refractivity contribution is -0.120. The zero-order chi connectivity index (χ0) is 19.3. The fourth-order valence-corrected chi connectivity index (χ4v) is 4.90. The van der Waals surface area contributed by atoms with E-state index in [2.05, 4.69) is 15.2 Å². The lowest BCUT2D eigenvalue weighted by Crippen LogP contribution is -2.36. The molecule has 1 saturated heterocycles. The molecular weight excluding hydrogens is 392 g/mol. The number of morpholine rings is 1. The molecule has 1 amide bonds. The number of carbonyl (C=O) groups is 1. The molecule has 0 bridgehead atoms. The first-order chi connectivity index (χ1) is 13.7. The predicted molar refractivity (Wildman–Crippen MR) is 113 cm³/mol. The Morgan fingerprint density at radius 2 is 2.00 bits per heavy atom. The van der Waals surface area contributed by atoms with E-state index < -0.39 is 0 Å². The molecule has 6 nitrogen and oxygen atoms in total. The van der Waals surface area contributed by atoms with Gasteiger partial charge in [-0.25, -0.2) is 9.97 Å². The van der Waals surface area contributed by atoms with E-state index in [1.807, 2.05) is 43.5 Å². The molecule has 0 atom stereocenters. The monoisotopic (exact) mass is 414 g/mol. The second-order valence-electron chi connectivity index (χ2n) is 6.55. The molecule has 3 aromatic rings. The first-order valence-electron chi connectivity index (χ1n) is 9.25. The number of benzene rings is 1. The van der Waals surface area contributed by atoms with Gasteiger partial charge in [-0.15, -0.1) is 22.7 Å². The van der Waals surface area contributed by atoms with Crippen molar-refractivity contribution in [3.05, 3.63) is 51.3 Å². The summed E-state index contributed by atoms with van der Waals surface area (Å²) in [5, 5.41) is 4.86. The Hall–Kier alpha value is -2.29. The molecule has 0 aliphatic carbocycles. The van der Waals surface area contributed by atoms with Crippen molar-refractivity contribution in [1.82, 2.24) is 15.3 Å². The molecule has 4 rings (SSSR count). The molecule has 0 unspecified atom stereocenters. The summed E-state index contributed by atoms with van der Waals surface area (Å²) in [5.74, 6) is -0.0118. The maximum absolute atomic E-state index is 12.6. The lowest BCUT2D eigenvalue weighted by Gasteiger charge is -2.26. The Labute approximate surface area is 172 Å². The maximum Gasteiger partial charge on any atom is 0.225 e. The van der Waals surface area contributed by atoms with Crippen molar-refractivity contribution in [3.63, 3.8) is 0 Å². The van der Waals surface area contributed by atoms with Crippen molar-refractivity contribution in [2.45, 2.75) is 19.9 Å². The number of nitrogens with one attached hydrogen (secondary N) is 1. The zero-order valence-electron chi connectivity index (χ0n) is 15.7. The summed E-state index contributed by atoms with van der Waals surface area (Å²) in [6, 6.07) is 10.1. The standard InChI is InChI=1S/C20H22N4O2S2/c1-14-12-22-18(27-14)13-21-17(25)11-16-19(15-5-3-2-4-6-15)23-20(28-16)24-7-9-26-10-8-24/h2-6,12H,7-11,13H2,1H3,(H,21,25). The van der Waals surface area contributed by atoms with E-state index in [1.165, 1.54) is 0 Å². The van der Waals surface area contributed by atoms with Gasteiger partial charge in [0, 0.05) is 34.6 Å². The van der Waals surface area contributed by atoms with Crippen LogP contribution in [0.25, 0.3) is 11.3 Å². The van der Waals surface area contributed by atoms with E-state index >= 15 is 0 Å². The van der Waals surface area contributed by atoms with Gasteiger partial charge in [0.25, 0.3) is 0 Å². The zero-order valence-corrected chi connectivity index (χ0v) is 17.3. The molecule has 3 heterocycles. The minimum atomic E-state index is -0.0118. The third kappa shape index (κ3) is 4.57. The Balaban J connectivity index is 1.52. The van der Waals surface area contributed by atoms with Crippen molar-refractivity contribution in [3.8, 4) is 11.3 Å². The fraction of sp³-hybridized carbons (Fsp3) is 0.350. The van der Waals surface area contributed by atoms with E-state index in [1.54, 1.807) is 22.7 Å². The van der Waals surface area contributed by atoms with Crippen LogP contribution in [0.2, 0.25) is 0 Å². The summed E-state index contributed by atoms with van der Waals surface area (Å²) >= 11 is 3.21. The number of nitrogens with zero attached hydrogens (tertiary/aromatic N) is 3. The Kier molecular flexibility index (Phi) is 5.99. The van der Waals surface area contributed by atoms with Crippen LogP contribution in [0.5, 0.6) is 0 Å². The van der Waals surface area contributed by atoms with Gasteiger partial charge in [0.05, 0.1) is 31.9 Å². The van der Waals surface area contributed by atoms with Crippen LogP contribution in [-0.2, 0) is 22.5 Å². The van der Waals surface area contributed by atoms with Crippen LogP contribution in [0, 0.1) is 6.92 Å². The predicted octanol–water partition coefficient (Wildman–Crippen LogP) is 3.27. The smallest absolute Gasteiger partial charge is 0.225 e. The van der Waals surface area contributed by atoms with Crippen LogP contribution in [0.1, 0.15) is 14.8 Å². The van der Waals surface area contributed by atoms with Crippen LogP contribution in [-0.4, -0.2) is 42.2 Å². The minimum absolute atomic E-state index is 0.0118. The number of hydrogen-bond donors (Lipinski definition) is 1. The normalized spacial score (nSPS) is 14.2. The summed E-state index contributed by atoms with van der Waals surface area (Å²) < 4.78 is 5.45. The Morgan fingerprint density at radius 1 is 1.21 bits per heavy atom. The highest BCUT2D eigenvalue weighted by atomic mass is 32.1. The van der Waals surface area contributed by atoms with Crippen LogP contribution in [0.15, 0.2) is 36.5 Å². The number of hydrogen-bond acceptors (Lipinski definition) is 7. The minimum Gasteiger partial charge on any atom is -0.378 e. The lowest BCUT2D eigenvalue weighted by atomic mass is 10.1. The third-order valence-corrected chi connectivity index (χ3v) is 6.47. The van der Waals surface area contributed by atoms with Crippen LogP contribution >= 0.6 is 22.7 Å². The van der Waals surface area contributed by atoms with Crippen LogP contribution in [0.3, 0.4) is 0 Å². The van der Waals surface area contributed by atoms with Gasteiger partial charge in [-0.2, -0.15) is 0 Å². The molecule has 1 N–H and O–H groups in total. The van der Waals surface area contributed by atoms with E-state index in [0.29, 0.717) is 26.2 Å². The highest BCUT2D eigenvalue weighted by molar-refractivity contribution is 7.16. The number of anilines is 1. The summed E-state index contributed by atoms with van der Waals surface area (Å²) in [6.45, 7) is 5.56. The molecule has 2 aromatic heterocycles. The second-order valence-corrected chi connectivity index (χ2v) is 8.93. The molecule has 0 saturated carbocycles. The molecule has 1 aromatic carbocycles. The Morgan fingerprint density at radius 3 is 2.71 bits per heavy atom. The Bertz CT molecular complexity index is 933. The number of carbonyl (C=O) groups excluding carboxylic acids is 1. The highest BCUT2D eigenvalue weighted by Crippen LogP contribution is 2.34. The fourth-order valence-electron chi connectivity index (χ4n) is 3.04. The van der Waals surface area contributed by atoms with Crippen molar-refractivity contribution >= 4 is 33.7 Å². The largest absolute Gasteiger partial charge is 0.378 e. The van der Waals surface area contributed by atoms with Crippen molar-refractivity contribution in [2.24, 2.45) is 0 Å². The molecule has 0 spiro atoms. The van der Waals surface area contributed by atoms with Gasteiger partial charge < -0.3 is 15.0 Å². The number of aryl methyl sites for hydroxylation is 1. The van der Waals surface area contributed by atoms with Gasteiger partial charge in [-0.1, -0.05) is 30.3 Å². The summed E-state index contributed by atoms with van der Waals surface area (Å²) in [7, 11) is 0. The topological polar surface area (TPSA) is 67.4 Å². The molecule has 1 aliphatic rings. The van der Waals surface area contributed by atoms with E-state index in [9.17, 15) is 4.79 Å². The molecule has 146 valence electrons. The molecular formula is C20H22N4O2S2. The first kappa shape index (κ1) is 19.0. The van der Waals surface area contributed by atoms with Crippen LogP contribution < -0.4 is 10.2 Å². The average molecular weight is 415 g/mol. The molecule has 1 fully saturated rings. The van der Waals surface area contributed by atoms with E-state index in [4.69, 9.17) is 9.72 Å².